The van der Waals surface area contributed by atoms with Crippen molar-refractivity contribution < 1.29 is 14.3 Å². The molecule has 0 aromatic carbocycles. The predicted molar refractivity (Wildman–Crippen MR) is 88.4 cm³/mol. The minimum absolute atomic E-state index is 0.00123. The van der Waals surface area contributed by atoms with Gasteiger partial charge in [0.25, 0.3) is 0 Å². The Hall–Kier alpha value is -1.02. The van der Waals surface area contributed by atoms with Crippen molar-refractivity contribution in [2.24, 2.45) is 11.8 Å². The van der Waals surface area contributed by atoms with E-state index in [4.69, 9.17) is 9.47 Å². The predicted octanol–water partition coefficient (Wildman–Crippen LogP) is 1.05. The Bertz CT molecular complexity index is 536. The van der Waals surface area contributed by atoms with Crippen LogP contribution in [-0.4, -0.2) is 61.9 Å². The summed E-state index contributed by atoms with van der Waals surface area (Å²) in [4.78, 5) is 20.5. The molecule has 0 radical (unpaired) electrons. The zero-order valence-corrected chi connectivity index (χ0v) is 14.6. The van der Waals surface area contributed by atoms with Crippen molar-refractivity contribution in [3.05, 3.63) is 16.1 Å². The van der Waals surface area contributed by atoms with Crippen LogP contribution in [0.3, 0.4) is 0 Å². The number of aryl methyl sites for hydroxylation is 1. The molecular weight excluding hydrogens is 314 g/mol. The van der Waals surface area contributed by atoms with Crippen molar-refractivity contribution in [2.75, 3.05) is 40.0 Å². The van der Waals surface area contributed by atoms with Crippen LogP contribution >= 0.6 is 11.3 Å². The normalized spacial score (nSPS) is 27.8. The molecular formula is C16H25N3O3S. The fourth-order valence-corrected chi connectivity index (χ4v) is 4.37. The summed E-state index contributed by atoms with van der Waals surface area (Å²) in [6.07, 6.45) is 1.16. The zero-order valence-electron chi connectivity index (χ0n) is 13.8. The van der Waals surface area contributed by atoms with Gasteiger partial charge in [-0.2, -0.15) is 0 Å². The maximum atomic E-state index is 12.6. The molecule has 0 unspecified atom stereocenters. The first-order valence-electron chi connectivity index (χ1n) is 8.18. The summed E-state index contributed by atoms with van der Waals surface area (Å²) in [5, 5.41) is 3.00. The SMILES string of the molecule is COCCNC(=O)[C@H]1CN(Cc2scnc2C)C[C@@H]2OCC[C@@H]21. The molecule has 3 atom stereocenters. The topological polar surface area (TPSA) is 63.7 Å². The van der Waals surface area contributed by atoms with Gasteiger partial charge in [-0.15, -0.1) is 11.3 Å². The van der Waals surface area contributed by atoms with Crippen molar-refractivity contribution in [3.8, 4) is 0 Å². The number of hydrogen-bond donors (Lipinski definition) is 1. The smallest absolute Gasteiger partial charge is 0.224 e. The van der Waals surface area contributed by atoms with E-state index in [-0.39, 0.29) is 17.9 Å². The molecule has 23 heavy (non-hydrogen) atoms. The molecule has 6 nitrogen and oxygen atoms in total. The van der Waals surface area contributed by atoms with Crippen molar-refractivity contribution in [1.82, 2.24) is 15.2 Å². The Morgan fingerprint density at radius 1 is 1.57 bits per heavy atom. The molecule has 0 spiro atoms. The van der Waals surface area contributed by atoms with Crippen LogP contribution in [-0.2, 0) is 20.8 Å². The van der Waals surface area contributed by atoms with Crippen LogP contribution in [0.4, 0.5) is 0 Å². The molecule has 128 valence electrons. The summed E-state index contributed by atoms with van der Waals surface area (Å²) in [5.41, 5.74) is 2.98. The summed E-state index contributed by atoms with van der Waals surface area (Å²) in [5.74, 6) is 0.478. The molecule has 1 amide bonds. The van der Waals surface area contributed by atoms with Crippen LogP contribution in [0.1, 0.15) is 17.0 Å². The molecule has 2 aliphatic heterocycles. The number of nitrogens with one attached hydrogen (secondary N) is 1. The molecule has 0 aliphatic carbocycles. The van der Waals surface area contributed by atoms with Gasteiger partial charge in [0.05, 0.1) is 29.8 Å². The lowest BCUT2D eigenvalue weighted by atomic mass is 9.82. The molecule has 3 heterocycles. The zero-order chi connectivity index (χ0) is 16.2. The maximum absolute atomic E-state index is 12.6. The number of thiazole rings is 1. The third-order valence-corrected chi connectivity index (χ3v) is 5.74. The number of carbonyl (C=O) groups excluding carboxylic acids is 1. The highest BCUT2D eigenvalue weighted by atomic mass is 32.1. The van der Waals surface area contributed by atoms with Gasteiger partial charge < -0.3 is 14.8 Å². The second-order valence-electron chi connectivity index (χ2n) is 6.31. The van der Waals surface area contributed by atoms with E-state index >= 15 is 0 Å². The van der Waals surface area contributed by atoms with Gasteiger partial charge in [-0.25, -0.2) is 4.98 Å². The maximum Gasteiger partial charge on any atom is 0.224 e. The van der Waals surface area contributed by atoms with Gasteiger partial charge in [-0.1, -0.05) is 0 Å². The number of methoxy groups -OCH3 is 1. The molecule has 2 saturated heterocycles. The third-order valence-electron chi connectivity index (χ3n) is 4.82. The van der Waals surface area contributed by atoms with Gasteiger partial charge in [0, 0.05) is 50.7 Å². The average molecular weight is 339 g/mol. The fourth-order valence-electron chi connectivity index (χ4n) is 3.55. The summed E-state index contributed by atoms with van der Waals surface area (Å²) in [6, 6.07) is 0. The third kappa shape index (κ3) is 3.91. The summed E-state index contributed by atoms with van der Waals surface area (Å²) >= 11 is 1.68. The number of aromatic nitrogens is 1. The Kier molecular flexibility index (Phi) is 5.63. The largest absolute Gasteiger partial charge is 0.383 e. The van der Waals surface area contributed by atoms with E-state index in [0.717, 1.165) is 38.4 Å². The average Bonchev–Trinajstić information content (AvgIpc) is 3.16. The highest BCUT2D eigenvalue weighted by Crippen LogP contribution is 2.34. The Balaban J connectivity index is 1.65. The van der Waals surface area contributed by atoms with Gasteiger partial charge >= 0.3 is 0 Å². The monoisotopic (exact) mass is 339 g/mol. The number of carbonyl (C=O) groups is 1. The van der Waals surface area contributed by atoms with E-state index in [0.29, 0.717) is 19.1 Å². The van der Waals surface area contributed by atoms with Gasteiger partial charge in [-0.3, -0.25) is 9.69 Å². The van der Waals surface area contributed by atoms with Crippen LogP contribution in [0.5, 0.6) is 0 Å². The first kappa shape index (κ1) is 16.8. The van der Waals surface area contributed by atoms with Crippen LogP contribution in [0.15, 0.2) is 5.51 Å². The lowest BCUT2D eigenvalue weighted by Crippen LogP contribution is -2.52. The lowest BCUT2D eigenvalue weighted by Gasteiger charge is -2.39. The van der Waals surface area contributed by atoms with Crippen LogP contribution in [0.25, 0.3) is 0 Å². The Morgan fingerprint density at radius 2 is 2.43 bits per heavy atom. The number of hydrogen-bond acceptors (Lipinski definition) is 6. The summed E-state index contributed by atoms with van der Waals surface area (Å²) < 4.78 is 10.9. The van der Waals surface area contributed by atoms with E-state index < -0.39 is 0 Å². The fraction of sp³-hybridized carbons (Fsp3) is 0.750. The lowest BCUT2D eigenvalue weighted by molar-refractivity contribution is -0.131. The minimum atomic E-state index is 0.00123. The molecule has 0 bridgehead atoms. The summed E-state index contributed by atoms with van der Waals surface area (Å²) in [7, 11) is 1.65. The standard InChI is InChI=1S/C16H25N3O3S/c1-11-15(23-10-18-11)9-19-7-13(16(20)17-4-6-21-2)12-3-5-22-14(12)8-19/h10,12-14H,3-9H2,1-2H3,(H,17,20)/t12-,13+,14+/m1/s1. The first-order chi connectivity index (χ1) is 11.2. The second-order valence-corrected chi connectivity index (χ2v) is 7.25. The highest BCUT2D eigenvalue weighted by Gasteiger charge is 2.43. The molecule has 1 aromatic heterocycles. The number of amides is 1. The molecule has 3 rings (SSSR count). The van der Waals surface area contributed by atoms with Crippen molar-refractivity contribution in [2.45, 2.75) is 26.0 Å². The van der Waals surface area contributed by atoms with E-state index in [1.807, 2.05) is 12.4 Å². The van der Waals surface area contributed by atoms with Crippen molar-refractivity contribution in [3.63, 3.8) is 0 Å². The number of fused-ring (bicyclic) bond motifs is 1. The van der Waals surface area contributed by atoms with Crippen molar-refractivity contribution >= 4 is 17.2 Å². The first-order valence-corrected chi connectivity index (χ1v) is 9.06. The highest BCUT2D eigenvalue weighted by molar-refractivity contribution is 7.09. The Morgan fingerprint density at radius 3 is 3.17 bits per heavy atom. The second kappa shape index (κ2) is 7.70. The van der Waals surface area contributed by atoms with Crippen LogP contribution in [0, 0.1) is 18.8 Å². The van der Waals surface area contributed by atoms with E-state index in [1.54, 1.807) is 18.4 Å². The van der Waals surface area contributed by atoms with Crippen molar-refractivity contribution in [1.29, 1.82) is 0 Å². The molecule has 7 heteroatoms. The molecule has 1 N–H and O–H groups in total. The number of likely N-dealkylation sites (tertiary alicyclic amines) is 1. The molecule has 2 fully saturated rings. The van der Waals surface area contributed by atoms with Gasteiger partial charge in [-0.05, 0) is 13.3 Å². The molecule has 2 aliphatic rings. The Labute approximate surface area is 141 Å². The van der Waals surface area contributed by atoms with Gasteiger partial charge in [0.15, 0.2) is 0 Å². The summed E-state index contributed by atoms with van der Waals surface area (Å²) in [6.45, 7) is 6.48. The molecule has 1 aromatic rings. The minimum Gasteiger partial charge on any atom is -0.383 e. The number of nitrogens with zero attached hydrogens (tertiary/aromatic N) is 2. The van der Waals surface area contributed by atoms with Gasteiger partial charge in [0.1, 0.15) is 0 Å². The number of piperidine rings is 1. The molecule has 0 saturated carbocycles. The van der Waals surface area contributed by atoms with E-state index in [2.05, 4.69) is 15.2 Å². The number of rotatable bonds is 6. The number of ether oxygens (including phenoxy) is 2. The van der Waals surface area contributed by atoms with Crippen LogP contribution < -0.4 is 5.32 Å². The quantitative estimate of drug-likeness (QED) is 0.785. The van der Waals surface area contributed by atoms with Gasteiger partial charge in [0.2, 0.25) is 5.91 Å². The van der Waals surface area contributed by atoms with E-state index in [9.17, 15) is 4.79 Å². The van der Waals surface area contributed by atoms with E-state index in [1.165, 1.54) is 4.88 Å². The van der Waals surface area contributed by atoms with Crippen LogP contribution in [0.2, 0.25) is 0 Å².